The normalized spacial score (nSPS) is 16.6. The number of ketones is 1. The van der Waals surface area contributed by atoms with Gasteiger partial charge in [0.1, 0.15) is 5.78 Å². The summed E-state index contributed by atoms with van der Waals surface area (Å²) in [6.07, 6.45) is 6.95. The number of carbonyl (C=O) groups excluding carboxylic acids is 1. The minimum absolute atomic E-state index is 0.341. The minimum Gasteiger partial charge on any atom is -0.299 e. The van der Waals surface area contributed by atoms with Crippen molar-refractivity contribution in [3.05, 3.63) is 18.0 Å². The third kappa shape index (κ3) is 2.22. The van der Waals surface area contributed by atoms with E-state index >= 15 is 0 Å². The molecule has 3 nitrogen and oxygen atoms in total. The lowest BCUT2D eigenvalue weighted by Crippen LogP contribution is -2.17. The number of carbonyl (C=O) groups is 1. The van der Waals surface area contributed by atoms with E-state index in [4.69, 9.17) is 0 Å². The zero-order chi connectivity index (χ0) is 9.97. The van der Waals surface area contributed by atoms with Crippen molar-refractivity contribution in [3.63, 3.8) is 0 Å². The van der Waals surface area contributed by atoms with Crippen LogP contribution in [0.4, 0.5) is 0 Å². The molecule has 1 aliphatic carbocycles. The molecule has 0 aromatic carbocycles. The fourth-order valence-electron chi connectivity index (χ4n) is 1.85. The van der Waals surface area contributed by atoms with Crippen LogP contribution in [-0.4, -0.2) is 15.6 Å². The summed E-state index contributed by atoms with van der Waals surface area (Å²) in [6, 6.07) is 1.92. The number of nitrogens with zero attached hydrogens (tertiary/aromatic N) is 2. The summed E-state index contributed by atoms with van der Waals surface area (Å²) in [7, 11) is 1.87. The summed E-state index contributed by atoms with van der Waals surface area (Å²) in [4.78, 5) is 11.6. The third-order valence-corrected chi connectivity index (χ3v) is 2.89. The lowest BCUT2D eigenvalue weighted by Gasteiger charge is -2.24. The molecule has 2 rings (SSSR count). The van der Waals surface area contributed by atoms with Gasteiger partial charge in [-0.25, -0.2) is 0 Å². The number of aryl methyl sites for hydroxylation is 1. The molecule has 1 aromatic heterocycles. The van der Waals surface area contributed by atoms with Gasteiger partial charge in [0.15, 0.2) is 0 Å². The molecule has 3 heteroatoms. The first-order valence-corrected chi connectivity index (χ1v) is 5.24. The van der Waals surface area contributed by atoms with Crippen LogP contribution in [-0.2, 0) is 18.3 Å². The van der Waals surface area contributed by atoms with Crippen LogP contribution in [0.3, 0.4) is 0 Å². The summed E-state index contributed by atoms with van der Waals surface area (Å²) in [6.45, 7) is 0. The molecule has 0 radical (unpaired) electrons. The highest BCUT2D eigenvalue weighted by Crippen LogP contribution is 2.29. The number of hydrogen-bond acceptors (Lipinski definition) is 2. The Balaban J connectivity index is 1.81. The van der Waals surface area contributed by atoms with Crippen LogP contribution in [0.2, 0.25) is 0 Å². The first-order valence-electron chi connectivity index (χ1n) is 5.24. The molecule has 0 amide bonds. The average Bonchev–Trinajstić information content (AvgIpc) is 2.44. The molecular weight excluding hydrogens is 176 g/mol. The average molecular weight is 192 g/mol. The molecule has 0 atom stereocenters. The summed E-state index contributed by atoms with van der Waals surface area (Å²) in [5.74, 6) is 1.01. The lowest BCUT2D eigenvalue weighted by atomic mass is 9.81. The van der Waals surface area contributed by atoms with Crippen molar-refractivity contribution < 1.29 is 4.79 Å². The first kappa shape index (κ1) is 9.44. The van der Waals surface area contributed by atoms with E-state index in [9.17, 15) is 4.79 Å². The number of Topliss-reactive ketones (excluding diaryl/α,β-unsaturated/α-hetero) is 1. The van der Waals surface area contributed by atoms with Crippen molar-refractivity contribution in [1.29, 1.82) is 0 Å². The Morgan fingerprint density at radius 2 is 2.43 bits per heavy atom. The monoisotopic (exact) mass is 192 g/mol. The molecule has 14 heavy (non-hydrogen) atoms. The predicted molar refractivity (Wildman–Crippen MR) is 53.9 cm³/mol. The van der Waals surface area contributed by atoms with Gasteiger partial charge in [0.2, 0.25) is 0 Å². The Morgan fingerprint density at radius 3 is 2.93 bits per heavy atom. The molecule has 0 aliphatic heterocycles. The topological polar surface area (TPSA) is 34.9 Å². The number of aromatic nitrogens is 2. The Hall–Kier alpha value is -1.12. The van der Waals surface area contributed by atoms with Gasteiger partial charge in [-0.3, -0.25) is 9.48 Å². The molecule has 76 valence electrons. The standard InChI is InChI=1S/C11H16N2O/c1-13-6-5-10(12-13)8-11(14)7-9-3-2-4-9/h5-6,9H,2-4,7-8H2,1H3. The Labute approximate surface area is 84.1 Å². The largest absolute Gasteiger partial charge is 0.299 e. The van der Waals surface area contributed by atoms with Gasteiger partial charge in [0.05, 0.1) is 12.1 Å². The van der Waals surface area contributed by atoms with Crippen LogP contribution in [0.5, 0.6) is 0 Å². The van der Waals surface area contributed by atoms with Crippen LogP contribution in [0.25, 0.3) is 0 Å². The lowest BCUT2D eigenvalue weighted by molar-refractivity contribution is -0.119. The minimum atomic E-state index is 0.341. The smallest absolute Gasteiger partial charge is 0.139 e. The van der Waals surface area contributed by atoms with Gasteiger partial charge in [0, 0.05) is 19.7 Å². The highest BCUT2D eigenvalue weighted by Gasteiger charge is 2.20. The number of hydrogen-bond donors (Lipinski definition) is 0. The zero-order valence-electron chi connectivity index (χ0n) is 8.57. The van der Waals surface area contributed by atoms with Crippen molar-refractivity contribution in [3.8, 4) is 0 Å². The second-order valence-electron chi connectivity index (χ2n) is 4.20. The summed E-state index contributed by atoms with van der Waals surface area (Å²) < 4.78 is 1.74. The van der Waals surface area contributed by atoms with Crippen LogP contribution in [0.15, 0.2) is 12.3 Å². The van der Waals surface area contributed by atoms with Crippen molar-refractivity contribution in [1.82, 2.24) is 9.78 Å². The van der Waals surface area contributed by atoms with Crippen molar-refractivity contribution in [2.24, 2.45) is 13.0 Å². The van der Waals surface area contributed by atoms with Gasteiger partial charge in [0.25, 0.3) is 0 Å². The molecule has 1 aliphatic rings. The van der Waals surface area contributed by atoms with Crippen LogP contribution in [0.1, 0.15) is 31.4 Å². The molecule has 0 bridgehead atoms. The molecule has 0 spiro atoms. The molecule has 0 N–H and O–H groups in total. The van der Waals surface area contributed by atoms with Gasteiger partial charge >= 0.3 is 0 Å². The van der Waals surface area contributed by atoms with E-state index in [-0.39, 0.29) is 0 Å². The molecular formula is C11H16N2O. The molecule has 1 aromatic rings. The van der Waals surface area contributed by atoms with Gasteiger partial charge in [-0.15, -0.1) is 0 Å². The second-order valence-corrected chi connectivity index (χ2v) is 4.20. The van der Waals surface area contributed by atoms with E-state index in [0.717, 1.165) is 12.1 Å². The zero-order valence-corrected chi connectivity index (χ0v) is 8.57. The molecule has 0 unspecified atom stereocenters. The van der Waals surface area contributed by atoms with Crippen LogP contribution in [0, 0.1) is 5.92 Å². The van der Waals surface area contributed by atoms with Gasteiger partial charge in [-0.05, 0) is 12.0 Å². The van der Waals surface area contributed by atoms with Gasteiger partial charge in [-0.2, -0.15) is 5.10 Å². The van der Waals surface area contributed by atoms with E-state index < -0.39 is 0 Å². The summed E-state index contributed by atoms with van der Waals surface area (Å²) in [5, 5.41) is 4.20. The van der Waals surface area contributed by atoms with Crippen molar-refractivity contribution >= 4 is 5.78 Å². The highest BCUT2D eigenvalue weighted by molar-refractivity contribution is 5.80. The summed E-state index contributed by atoms with van der Waals surface area (Å²) >= 11 is 0. The maximum Gasteiger partial charge on any atom is 0.139 e. The Morgan fingerprint density at radius 1 is 1.64 bits per heavy atom. The van der Waals surface area contributed by atoms with Crippen molar-refractivity contribution in [2.75, 3.05) is 0 Å². The molecule has 1 heterocycles. The van der Waals surface area contributed by atoms with E-state index in [1.165, 1.54) is 19.3 Å². The molecule has 0 saturated heterocycles. The third-order valence-electron chi connectivity index (χ3n) is 2.89. The van der Waals surface area contributed by atoms with E-state index in [1.807, 2.05) is 19.3 Å². The highest BCUT2D eigenvalue weighted by atomic mass is 16.1. The predicted octanol–water partition coefficient (Wildman–Crippen LogP) is 1.72. The quantitative estimate of drug-likeness (QED) is 0.728. The fraction of sp³-hybridized carbons (Fsp3) is 0.636. The second kappa shape index (κ2) is 3.95. The van der Waals surface area contributed by atoms with E-state index in [1.54, 1.807) is 4.68 Å². The Bertz CT molecular complexity index is 326. The summed E-state index contributed by atoms with van der Waals surface area (Å²) in [5.41, 5.74) is 0.900. The van der Waals surface area contributed by atoms with Gasteiger partial charge < -0.3 is 0 Å². The van der Waals surface area contributed by atoms with Crippen molar-refractivity contribution in [2.45, 2.75) is 32.1 Å². The van der Waals surface area contributed by atoms with E-state index in [0.29, 0.717) is 18.1 Å². The maximum atomic E-state index is 11.6. The van der Waals surface area contributed by atoms with Crippen LogP contribution >= 0.6 is 0 Å². The molecule has 1 saturated carbocycles. The maximum absolute atomic E-state index is 11.6. The molecule has 1 fully saturated rings. The number of rotatable bonds is 4. The Kier molecular flexibility index (Phi) is 2.66. The first-order chi connectivity index (χ1) is 6.74. The SMILES string of the molecule is Cn1ccc(CC(=O)CC2CCC2)n1. The van der Waals surface area contributed by atoms with Gasteiger partial charge in [-0.1, -0.05) is 19.3 Å². The van der Waals surface area contributed by atoms with Crippen LogP contribution < -0.4 is 0 Å². The van der Waals surface area contributed by atoms with E-state index in [2.05, 4.69) is 5.10 Å². The fourth-order valence-corrected chi connectivity index (χ4v) is 1.85.